The first-order chi connectivity index (χ1) is 15.0. The molecule has 156 valence electrons. The van der Waals surface area contributed by atoms with Gasteiger partial charge in [0, 0.05) is 23.4 Å². The van der Waals surface area contributed by atoms with Crippen LogP contribution in [-0.4, -0.2) is 24.6 Å². The van der Waals surface area contributed by atoms with Crippen LogP contribution in [0.15, 0.2) is 77.7 Å². The van der Waals surface area contributed by atoms with E-state index in [4.69, 9.17) is 9.47 Å². The zero-order valence-corrected chi connectivity index (χ0v) is 17.1. The van der Waals surface area contributed by atoms with Gasteiger partial charge in [0.1, 0.15) is 5.82 Å². The third kappa shape index (κ3) is 3.80. The molecular weight excluding hydrogens is 397 g/mol. The molecule has 0 N–H and O–H groups in total. The molecule has 31 heavy (non-hydrogen) atoms. The zero-order valence-electron chi connectivity index (χ0n) is 17.1. The number of pyridine rings is 1. The molecule has 0 radical (unpaired) electrons. The lowest BCUT2D eigenvalue weighted by Gasteiger charge is -2.16. The van der Waals surface area contributed by atoms with Gasteiger partial charge in [0.15, 0.2) is 17.3 Å². The van der Waals surface area contributed by atoms with Crippen molar-refractivity contribution in [3.63, 3.8) is 0 Å². The van der Waals surface area contributed by atoms with Gasteiger partial charge < -0.3 is 14.0 Å². The summed E-state index contributed by atoms with van der Waals surface area (Å²) in [5.74, 6) is 0.0306. The fourth-order valence-corrected chi connectivity index (χ4v) is 3.56. The minimum Gasteiger partial charge on any atom is -0.493 e. The van der Waals surface area contributed by atoms with Crippen LogP contribution in [0.1, 0.15) is 21.5 Å². The quantitative estimate of drug-likeness (QED) is 0.436. The van der Waals surface area contributed by atoms with Crippen molar-refractivity contribution in [1.82, 2.24) is 4.57 Å². The average Bonchev–Trinajstić information content (AvgIpc) is 2.81. The second-order valence-electron chi connectivity index (χ2n) is 7.01. The molecule has 0 unspecified atom stereocenters. The Bertz CT molecular complexity index is 1330. The highest BCUT2D eigenvalue weighted by molar-refractivity contribution is 6.10. The molecule has 1 heterocycles. The van der Waals surface area contributed by atoms with E-state index in [1.165, 1.54) is 26.5 Å². The predicted molar refractivity (Wildman–Crippen MR) is 117 cm³/mol. The molecule has 6 heteroatoms. The smallest absolute Gasteiger partial charge is 0.200 e. The van der Waals surface area contributed by atoms with Crippen LogP contribution in [0.3, 0.4) is 0 Å². The van der Waals surface area contributed by atoms with Crippen molar-refractivity contribution in [2.45, 2.75) is 6.54 Å². The second kappa shape index (κ2) is 8.44. The monoisotopic (exact) mass is 417 g/mol. The normalized spacial score (nSPS) is 10.8. The van der Waals surface area contributed by atoms with Crippen molar-refractivity contribution in [1.29, 1.82) is 0 Å². The molecule has 0 bridgehead atoms. The number of benzene rings is 3. The number of hydrogen-bond acceptors (Lipinski definition) is 4. The Labute approximate surface area is 178 Å². The number of nitrogens with zero attached hydrogens (tertiary/aromatic N) is 1. The number of ketones is 1. The molecule has 4 rings (SSSR count). The largest absolute Gasteiger partial charge is 0.493 e. The van der Waals surface area contributed by atoms with Crippen LogP contribution in [0, 0.1) is 5.82 Å². The van der Waals surface area contributed by atoms with Gasteiger partial charge in [-0.2, -0.15) is 0 Å². The maximum absolute atomic E-state index is 14.4. The third-order valence-electron chi connectivity index (χ3n) is 5.16. The van der Waals surface area contributed by atoms with E-state index in [0.29, 0.717) is 28.1 Å². The van der Waals surface area contributed by atoms with Gasteiger partial charge in [-0.25, -0.2) is 4.39 Å². The van der Waals surface area contributed by atoms with Gasteiger partial charge in [0.05, 0.1) is 37.2 Å². The molecule has 0 aliphatic carbocycles. The van der Waals surface area contributed by atoms with Crippen molar-refractivity contribution in [2.24, 2.45) is 0 Å². The van der Waals surface area contributed by atoms with Gasteiger partial charge in [0.25, 0.3) is 0 Å². The summed E-state index contributed by atoms with van der Waals surface area (Å²) >= 11 is 0. The Morgan fingerprint density at radius 3 is 2.26 bits per heavy atom. The molecule has 1 aromatic heterocycles. The molecule has 0 spiro atoms. The molecule has 0 atom stereocenters. The molecule has 4 aromatic rings. The lowest BCUT2D eigenvalue weighted by molar-refractivity contribution is 0.103. The van der Waals surface area contributed by atoms with E-state index in [1.54, 1.807) is 65.2 Å². The second-order valence-corrected chi connectivity index (χ2v) is 7.01. The Balaban J connectivity index is 1.99. The Hall–Kier alpha value is -3.93. The first-order valence-electron chi connectivity index (χ1n) is 9.65. The number of fused-ring (bicyclic) bond motifs is 1. The number of methoxy groups -OCH3 is 2. The van der Waals surface area contributed by atoms with Crippen molar-refractivity contribution >= 4 is 16.7 Å². The molecule has 0 fully saturated rings. The fourth-order valence-electron chi connectivity index (χ4n) is 3.56. The Morgan fingerprint density at radius 1 is 0.935 bits per heavy atom. The van der Waals surface area contributed by atoms with Crippen LogP contribution in [0.4, 0.5) is 4.39 Å². The number of ether oxygens (including phenoxy) is 2. The van der Waals surface area contributed by atoms with E-state index in [1.807, 2.05) is 0 Å². The molecule has 0 aliphatic rings. The van der Waals surface area contributed by atoms with Crippen LogP contribution < -0.4 is 14.9 Å². The summed E-state index contributed by atoms with van der Waals surface area (Å²) in [7, 11) is 2.97. The maximum Gasteiger partial charge on any atom is 0.200 e. The Kier molecular flexibility index (Phi) is 5.54. The van der Waals surface area contributed by atoms with Gasteiger partial charge in [-0.15, -0.1) is 0 Å². The molecule has 5 nitrogen and oxygen atoms in total. The average molecular weight is 417 g/mol. The molecule has 0 amide bonds. The topological polar surface area (TPSA) is 57.5 Å². The number of carbonyl (C=O) groups is 1. The lowest BCUT2D eigenvalue weighted by Crippen LogP contribution is -2.20. The number of halogens is 1. The van der Waals surface area contributed by atoms with Crippen LogP contribution in [0.5, 0.6) is 11.5 Å². The van der Waals surface area contributed by atoms with Crippen molar-refractivity contribution in [3.05, 3.63) is 106 Å². The minimum absolute atomic E-state index is 0.00209. The summed E-state index contributed by atoms with van der Waals surface area (Å²) in [6, 6.07) is 18.2. The SMILES string of the molecule is COc1cc2c(=O)c(C(=O)c3ccccc3)cn(Cc3ccccc3F)c2cc1OC. The first-order valence-corrected chi connectivity index (χ1v) is 9.65. The van der Waals surface area contributed by atoms with Gasteiger partial charge >= 0.3 is 0 Å². The van der Waals surface area contributed by atoms with E-state index < -0.39 is 11.2 Å². The van der Waals surface area contributed by atoms with Gasteiger partial charge in [-0.1, -0.05) is 48.5 Å². The standard InChI is InChI=1S/C25H20FNO4/c1-30-22-12-18-21(13-23(22)31-2)27(14-17-10-6-7-11-20(17)26)15-19(25(18)29)24(28)16-8-4-3-5-9-16/h3-13,15H,14H2,1-2H3. The summed E-state index contributed by atoms with van der Waals surface area (Å²) in [5, 5.41) is 0.288. The van der Waals surface area contributed by atoms with Gasteiger partial charge in [0.2, 0.25) is 5.43 Å². The number of hydrogen-bond donors (Lipinski definition) is 0. The van der Waals surface area contributed by atoms with Crippen molar-refractivity contribution in [3.8, 4) is 11.5 Å². The molecule has 3 aromatic carbocycles. The number of aromatic nitrogens is 1. The molecule has 0 saturated carbocycles. The van der Waals surface area contributed by atoms with Crippen LogP contribution in [0.2, 0.25) is 0 Å². The van der Waals surface area contributed by atoms with E-state index >= 15 is 0 Å². The highest BCUT2D eigenvalue weighted by Crippen LogP contribution is 2.31. The van der Waals surface area contributed by atoms with Crippen molar-refractivity contribution < 1.29 is 18.7 Å². The summed E-state index contributed by atoms with van der Waals surface area (Å²) in [6.45, 7) is 0.133. The molecule has 0 aliphatic heterocycles. The Morgan fingerprint density at radius 2 is 1.58 bits per heavy atom. The molecule has 0 saturated heterocycles. The minimum atomic E-state index is -0.422. The van der Waals surface area contributed by atoms with Crippen LogP contribution in [-0.2, 0) is 6.54 Å². The highest BCUT2D eigenvalue weighted by Gasteiger charge is 2.20. The first kappa shape index (κ1) is 20.3. The van der Waals surface area contributed by atoms with Crippen LogP contribution >= 0.6 is 0 Å². The van der Waals surface area contributed by atoms with E-state index in [2.05, 4.69) is 0 Å². The summed E-state index contributed by atoms with van der Waals surface area (Å²) in [6.07, 6.45) is 1.48. The van der Waals surface area contributed by atoms with Gasteiger partial charge in [-0.05, 0) is 12.1 Å². The summed E-state index contributed by atoms with van der Waals surface area (Å²) in [4.78, 5) is 26.4. The van der Waals surface area contributed by atoms with E-state index in [-0.39, 0.29) is 23.3 Å². The predicted octanol–water partition coefficient (Wildman–Crippen LogP) is 4.44. The lowest BCUT2D eigenvalue weighted by atomic mass is 10.0. The van der Waals surface area contributed by atoms with E-state index in [0.717, 1.165) is 0 Å². The van der Waals surface area contributed by atoms with E-state index in [9.17, 15) is 14.0 Å². The fraction of sp³-hybridized carbons (Fsp3) is 0.120. The van der Waals surface area contributed by atoms with Gasteiger partial charge in [-0.3, -0.25) is 9.59 Å². The maximum atomic E-state index is 14.4. The highest BCUT2D eigenvalue weighted by atomic mass is 19.1. The third-order valence-corrected chi connectivity index (χ3v) is 5.16. The van der Waals surface area contributed by atoms with Crippen molar-refractivity contribution in [2.75, 3.05) is 14.2 Å². The van der Waals surface area contributed by atoms with Crippen LogP contribution in [0.25, 0.3) is 10.9 Å². The number of rotatable bonds is 6. The molecular formula is C25H20FNO4. The summed E-state index contributed by atoms with van der Waals surface area (Å²) < 4.78 is 26.8. The zero-order chi connectivity index (χ0) is 22.0. The summed E-state index contributed by atoms with van der Waals surface area (Å²) in [5.41, 5.74) is 0.921. The number of carbonyl (C=O) groups excluding carboxylic acids is 1.